The Morgan fingerprint density at radius 1 is 0.315 bits per heavy atom. The molecule has 0 saturated heterocycles. The molecule has 0 atom stereocenters. The Bertz CT molecular complexity index is 3970. The first-order chi connectivity index (χ1) is 35.4. The lowest BCUT2D eigenvalue weighted by Crippen LogP contribution is -2.55. The van der Waals surface area contributed by atoms with Crippen molar-refractivity contribution in [3.63, 3.8) is 0 Å². The van der Waals surface area contributed by atoms with E-state index in [0.29, 0.717) is 0 Å². The number of aromatic nitrogens is 1. The lowest BCUT2D eigenvalue weighted by atomic mass is 9.58. The van der Waals surface area contributed by atoms with E-state index in [2.05, 4.69) is 271 Å². The van der Waals surface area contributed by atoms with E-state index in [1.54, 1.807) is 0 Å². The summed E-state index contributed by atoms with van der Waals surface area (Å²) in [7, 11) is 21.3. The molecule has 12 rings (SSSR count). The van der Waals surface area contributed by atoms with Crippen LogP contribution < -0.4 is 54.6 Å². The largest absolute Gasteiger partial charge is 0.308 e. The Kier molecular flexibility index (Phi) is 11.8. The normalized spacial score (nSPS) is 12.1. The van der Waals surface area contributed by atoms with E-state index in [9.17, 15) is 0 Å². The highest BCUT2D eigenvalue weighted by atomic mass is 32.3. The molecule has 0 N–H and O–H groups in total. The summed E-state index contributed by atoms with van der Waals surface area (Å²) in [5, 5.41) is 5.14. The van der Waals surface area contributed by atoms with Gasteiger partial charge in [0.2, 0.25) is 0 Å². The minimum Gasteiger partial charge on any atom is -0.308 e. The first-order valence-electron chi connectivity index (χ1n) is 25.7. The summed E-state index contributed by atoms with van der Waals surface area (Å²) >= 11 is 1.88. The first kappa shape index (κ1) is 47.2. The zero-order valence-electron chi connectivity index (χ0n) is 43.7. The van der Waals surface area contributed by atoms with Crippen molar-refractivity contribution >= 4 is 196 Å². The molecular formula is C60H51B10NS2. The van der Waals surface area contributed by atoms with E-state index >= 15 is 0 Å². The Balaban J connectivity index is 1.31. The van der Waals surface area contributed by atoms with Crippen molar-refractivity contribution in [1.29, 1.82) is 0 Å². The monoisotopic (exact) mass is 959 g/mol. The highest BCUT2D eigenvalue weighted by Gasteiger charge is 2.36. The minimum atomic E-state index is -2.12. The molecule has 0 bridgehead atoms. The highest BCUT2D eigenvalue weighted by molar-refractivity contribution is 8.34. The number of para-hydroxylation sites is 1. The maximum absolute atomic E-state index is 2.65. The second kappa shape index (κ2) is 18.3. The predicted molar refractivity (Wildman–Crippen MR) is 352 cm³/mol. The van der Waals surface area contributed by atoms with E-state index in [4.69, 9.17) is 0 Å². The third-order valence-corrected chi connectivity index (χ3v) is 21.9. The van der Waals surface area contributed by atoms with E-state index < -0.39 is 10.0 Å². The van der Waals surface area contributed by atoms with Crippen LogP contribution in [0, 0.1) is 0 Å². The summed E-state index contributed by atoms with van der Waals surface area (Å²) in [6.45, 7) is 0. The van der Waals surface area contributed by atoms with Crippen LogP contribution in [0.4, 0.5) is 0 Å². The van der Waals surface area contributed by atoms with Gasteiger partial charge >= 0.3 is 0 Å². The number of rotatable bonds is 8. The number of hydrogen-bond donors (Lipinski definition) is 0. The molecule has 73 heavy (non-hydrogen) atoms. The van der Waals surface area contributed by atoms with E-state index in [0.717, 1.165) is 0 Å². The van der Waals surface area contributed by atoms with Gasteiger partial charge in [-0.05, 0) is 101 Å². The Morgan fingerprint density at radius 3 is 1.26 bits per heavy atom. The fourth-order valence-electron chi connectivity index (χ4n) is 12.3. The van der Waals surface area contributed by atoms with Crippen LogP contribution in [-0.2, 0) is 0 Å². The molecule has 10 aromatic carbocycles. The Morgan fingerprint density at radius 2 is 0.740 bits per heavy atom. The van der Waals surface area contributed by atoms with Crippen LogP contribution >= 0.6 is 21.4 Å². The second-order valence-corrected chi connectivity index (χ2v) is 24.5. The molecule has 13 heteroatoms. The summed E-state index contributed by atoms with van der Waals surface area (Å²) in [5.41, 5.74) is 24.7. The van der Waals surface area contributed by atoms with Crippen molar-refractivity contribution in [3.8, 4) is 39.1 Å². The van der Waals surface area contributed by atoms with Gasteiger partial charge in [0.15, 0.2) is 0 Å². The number of hydrogen-bond acceptors (Lipinski definition) is 1. The molecule has 0 saturated carbocycles. The van der Waals surface area contributed by atoms with Gasteiger partial charge < -0.3 is 4.57 Å². The summed E-state index contributed by atoms with van der Waals surface area (Å²) in [5.74, 6) is 0. The summed E-state index contributed by atoms with van der Waals surface area (Å²) in [4.78, 5) is 5.24. The molecule has 2 heterocycles. The summed E-state index contributed by atoms with van der Waals surface area (Å²) < 4.78 is 5.29. The van der Waals surface area contributed by atoms with Gasteiger partial charge in [-0.25, -0.2) is 0 Å². The van der Waals surface area contributed by atoms with Gasteiger partial charge in [-0.2, -0.15) is 0 Å². The molecule has 0 radical (unpaired) electrons. The van der Waals surface area contributed by atoms with Crippen LogP contribution in [0.3, 0.4) is 0 Å². The zero-order chi connectivity index (χ0) is 50.4. The average Bonchev–Trinajstić information content (AvgIpc) is 3.98. The minimum absolute atomic E-state index is 1.20. The van der Waals surface area contributed by atoms with Gasteiger partial charge in [-0.3, -0.25) is 0 Å². The SMILES string of the molecule is Bc1c(B)c(B)c(-c2cc(S(c3ccccc3)(c3ccccc3)c3ccccc3)cc(-c3c(B)c(B)c(B)c(B)c3B)c2-n2c3ccccc3c3cc(-c4cccc5sc6ccccc6c45)ccc32)c(B)c1B. The van der Waals surface area contributed by atoms with Crippen LogP contribution in [0.25, 0.3) is 81.0 Å². The fourth-order valence-corrected chi connectivity index (χ4v) is 17.4. The van der Waals surface area contributed by atoms with E-state index in [1.807, 2.05) is 11.3 Å². The van der Waals surface area contributed by atoms with Crippen molar-refractivity contribution in [3.05, 3.63) is 188 Å². The van der Waals surface area contributed by atoms with Crippen LogP contribution in [0.2, 0.25) is 0 Å². The van der Waals surface area contributed by atoms with E-state index in [-0.39, 0.29) is 0 Å². The highest BCUT2D eigenvalue weighted by Crippen LogP contribution is 2.74. The molecule has 0 aliphatic rings. The Hall–Kier alpha value is -6.78. The topological polar surface area (TPSA) is 4.93 Å². The molecular weight excluding hydrogens is 907 g/mol. The van der Waals surface area contributed by atoms with Crippen LogP contribution in [-0.4, -0.2) is 83.0 Å². The summed E-state index contributed by atoms with van der Waals surface area (Å²) in [6, 6.07) is 71.5. The molecule has 2 aromatic heterocycles. The van der Waals surface area contributed by atoms with Crippen LogP contribution in [0.1, 0.15) is 0 Å². The van der Waals surface area contributed by atoms with Gasteiger partial charge in [-0.15, -0.1) is 54.1 Å². The molecule has 12 aromatic rings. The third-order valence-electron chi connectivity index (χ3n) is 16.9. The predicted octanol–water partition coefficient (Wildman–Crippen LogP) is 0.0774. The number of thiophene rings is 1. The number of benzene rings is 10. The van der Waals surface area contributed by atoms with Gasteiger partial charge in [0, 0.05) is 61.7 Å². The number of nitrogens with zero attached hydrogens (tertiary/aromatic N) is 1. The molecule has 0 fully saturated rings. The van der Waals surface area contributed by atoms with Crippen molar-refractivity contribution in [2.45, 2.75) is 19.6 Å². The van der Waals surface area contributed by atoms with Gasteiger partial charge in [-0.1, -0.05) is 131 Å². The maximum Gasteiger partial charge on any atom is 0.139 e. The zero-order valence-corrected chi connectivity index (χ0v) is 45.3. The van der Waals surface area contributed by atoms with Crippen molar-refractivity contribution < 1.29 is 0 Å². The molecule has 1 nitrogen and oxygen atoms in total. The van der Waals surface area contributed by atoms with Gasteiger partial charge in [0.25, 0.3) is 0 Å². The lowest BCUT2D eigenvalue weighted by Gasteiger charge is -2.43. The maximum atomic E-state index is 2.65. The standard InChI is InChI=1S/C60H51B10NS2/c61-50-48(51(62)55(66)58(69)54(50)65)41-30-36(73(33-15-4-1-5-16-33,34-17-6-2-7-18-34)35-19-8-3-9-20-35)31-42(49-52(63)56(67)59(70)57(68)53(49)64)60(41)71-43-24-12-10-21-38(43)40-29-32(27-28-44(40)71)37-23-14-26-46-47(37)39-22-11-13-25-45(39)72-46/h1-31H,61-70H2. The second-order valence-electron chi connectivity index (χ2n) is 20.3. The third kappa shape index (κ3) is 7.20. The molecule has 0 aliphatic carbocycles. The van der Waals surface area contributed by atoms with Crippen LogP contribution in [0.15, 0.2) is 208 Å². The first-order valence-corrected chi connectivity index (χ1v) is 28.1. The van der Waals surface area contributed by atoms with Crippen LogP contribution in [0.5, 0.6) is 0 Å². The molecule has 338 valence electrons. The molecule has 0 amide bonds. The lowest BCUT2D eigenvalue weighted by molar-refractivity contribution is 1.17. The van der Waals surface area contributed by atoms with Gasteiger partial charge in [0.1, 0.15) is 78.5 Å². The quantitative estimate of drug-likeness (QED) is 0.191. The molecule has 0 unspecified atom stereocenters. The van der Waals surface area contributed by atoms with Crippen molar-refractivity contribution in [2.24, 2.45) is 0 Å². The fraction of sp³-hybridized carbons (Fsp3) is 0. The smallest absolute Gasteiger partial charge is 0.139 e. The van der Waals surface area contributed by atoms with Crippen molar-refractivity contribution in [1.82, 2.24) is 4.57 Å². The van der Waals surface area contributed by atoms with E-state index in [1.165, 1.54) is 155 Å². The summed E-state index contributed by atoms with van der Waals surface area (Å²) in [6.07, 6.45) is 0. The number of fused-ring (bicyclic) bond motifs is 6. The Labute approximate surface area is 444 Å². The van der Waals surface area contributed by atoms with Crippen molar-refractivity contribution in [2.75, 3.05) is 0 Å². The molecule has 0 spiro atoms. The average molecular weight is 958 g/mol. The molecule has 0 aliphatic heterocycles. The van der Waals surface area contributed by atoms with Gasteiger partial charge in [0.05, 0.1) is 16.7 Å².